The molecule has 0 aromatic carbocycles. The van der Waals surface area contributed by atoms with Crippen molar-refractivity contribution in [1.82, 2.24) is 10.6 Å². The van der Waals surface area contributed by atoms with Crippen LogP contribution in [0.25, 0.3) is 0 Å². The molecule has 3 saturated carbocycles. The zero-order valence-electron chi connectivity index (χ0n) is 25.6. The predicted octanol–water partition coefficient (Wildman–Crippen LogP) is 5.67. The van der Waals surface area contributed by atoms with Gasteiger partial charge in [-0.3, -0.25) is 4.79 Å². The molecule has 4 rings (SSSR count). The van der Waals surface area contributed by atoms with Crippen LogP contribution in [-0.4, -0.2) is 43.8 Å². The fourth-order valence-corrected chi connectivity index (χ4v) is 9.21. The Kier molecular flexibility index (Phi) is 11.4. The van der Waals surface area contributed by atoms with Crippen LogP contribution < -0.4 is 22.1 Å². The van der Waals surface area contributed by atoms with Crippen molar-refractivity contribution in [3.8, 4) is 0 Å². The van der Waals surface area contributed by atoms with Crippen LogP contribution in [0.15, 0.2) is 11.6 Å². The van der Waals surface area contributed by atoms with E-state index >= 15 is 0 Å². The number of hydrogen-bond donors (Lipinski definition) is 4. The SMILES string of the molecule is CCCCCC(C)C1CCC2C1CCC1C2CC=C2CC(OC(=O)NCCNC(=O)C(N)CCCN)CCC21C. The Morgan fingerprint density at radius 1 is 1.02 bits per heavy atom. The Balaban J connectivity index is 1.23. The third-order valence-electron chi connectivity index (χ3n) is 11.4. The number of rotatable bonds is 13. The van der Waals surface area contributed by atoms with E-state index < -0.39 is 12.1 Å². The van der Waals surface area contributed by atoms with Gasteiger partial charge in [0.2, 0.25) is 5.91 Å². The van der Waals surface area contributed by atoms with Crippen molar-refractivity contribution in [2.24, 2.45) is 52.4 Å². The highest BCUT2D eigenvalue weighted by Gasteiger charge is 2.54. The normalized spacial score (nSPS) is 34.5. The number of hydrogen-bond acceptors (Lipinski definition) is 5. The van der Waals surface area contributed by atoms with Crippen molar-refractivity contribution in [3.63, 3.8) is 0 Å². The van der Waals surface area contributed by atoms with Gasteiger partial charge in [0.25, 0.3) is 0 Å². The maximum Gasteiger partial charge on any atom is 0.407 e. The average molecular weight is 559 g/mol. The van der Waals surface area contributed by atoms with Gasteiger partial charge in [0.1, 0.15) is 6.10 Å². The summed E-state index contributed by atoms with van der Waals surface area (Å²) < 4.78 is 5.84. The molecule has 3 fully saturated rings. The second kappa shape index (κ2) is 14.5. The third kappa shape index (κ3) is 7.24. The number of nitrogens with two attached hydrogens (primary N) is 2. The molecule has 0 aromatic rings. The molecule has 0 aliphatic heterocycles. The lowest BCUT2D eigenvalue weighted by molar-refractivity contribution is -0.122. The minimum absolute atomic E-state index is 0.0636. The van der Waals surface area contributed by atoms with Crippen LogP contribution in [0.5, 0.6) is 0 Å². The second-order valence-electron chi connectivity index (χ2n) is 13.8. The highest BCUT2D eigenvalue weighted by Crippen LogP contribution is 2.63. The smallest absolute Gasteiger partial charge is 0.407 e. The first-order valence-electron chi connectivity index (χ1n) is 16.7. The minimum Gasteiger partial charge on any atom is -0.446 e. The van der Waals surface area contributed by atoms with Gasteiger partial charge in [-0.15, -0.1) is 0 Å². The molecule has 0 saturated heterocycles. The molecule has 228 valence electrons. The number of ether oxygens (including phenoxy) is 1. The van der Waals surface area contributed by atoms with Crippen molar-refractivity contribution < 1.29 is 14.3 Å². The second-order valence-corrected chi connectivity index (χ2v) is 13.8. The topological polar surface area (TPSA) is 119 Å². The summed E-state index contributed by atoms with van der Waals surface area (Å²) in [6.45, 7) is 8.56. The van der Waals surface area contributed by atoms with Gasteiger partial charge in [-0.25, -0.2) is 4.79 Å². The fourth-order valence-electron chi connectivity index (χ4n) is 9.21. The van der Waals surface area contributed by atoms with E-state index in [1.165, 1.54) is 63.4 Å². The minimum atomic E-state index is -0.556. The van der Waals surface area contributed by atoms with Crippen LogP contribution in [0, 0.1) is 40.9 Å². The van der Waals surface area contributed by atoms with Gasteiger partial charge in [-0.2, -0.15) is 0 Å². The average Bonchev–Trinajstić information content (AvgIpc) is 3.39. The number of allylic oxidation sites excluding steroid dienone is 1. The Morgan fingerprint density at radius 2 is 1.80 bits per heavy atom. The summed E-state index contributed by atoms with van der Waals surface area (Å²) in [5.41, 5.74) is 13.1. The van der Waals surface area contributed by atoms with Crippen molar-refractivity contribution in [2.75, 3.05) is 19.6 Å². The van der Waals surface area contributed by atoms with Crippen LogP contribution >= 0.6 is 0 Å². The van der Waals surface area contributed by atoms with Gasteiger partial charge >= 0.3 is 6.09 Å². The van der Waals surface area contributed by atoms with E-state index in [9.17, 15) is 9.59 Å². The number of nitrogens with one attached hydrogen (secondary N) is 2. The van der Waals surface area contributed by atoms with Crippen LogP contribution in [0.3, 0.4) is 0 Å². The Labute approximate surface area is 243 Å². The molecule has 6 N–H and O–H groups in total. The molecule has 9 atom stereocenters. The van der Waals surface area contributed by atoms with Gasteiger partial charge in [0.15, 0.2) is 0 Å². The molecule has 40 heavy (non-hydrogen) atoms. The zero-order valence-corrected chi connectivity index (χ0v) is 25.6. The molecular formula is C33H58N4O3. The number of unbranched alkanes of at least 4 members (excludes halogenated alkanes) is 2. The first kappa shape index (κ1) is 31.3. The van der Waals surface area contributed by atoms with Crippen molar-refractivity contribution in [1.29, 1.82) is 0 Å². The van der Waals surface area contributed by atoms with Gasteiger partial charge in [-0.05, 0) is 105 Å². The number of carbonyl (C=O) groups is 2. The molecule has 9 unspecified atom stereocenters. The number of alkyl carbamates (subject to hydrolysis) is 1. The fraction of sp³-hybridized carbons (Fsp3) is 0.879. The van der Waals surface area contributed by atoms with Gasteiger partial charge < -0.3 is 26.8 Å². The molecule has 0 spiro atoms. The zero-order chi connectivity index (χ0) is 28.7. The molecular weight excluding hydrogens is 500 g/mol. The molecule has 4 aliphatic carbocycles. The van der Waals surface area contributed by atoms with Gasteiger partial charge in [0.05, 0.1) is 6.04 Å². The first-order chi connectivity index (χ1) is 19.3. The standard InChI is InChI=1S/C33H58N4O3/c1-4-5-6-8-22(2)25-12-13-27-26(25)14-15-29-28(27)11-10-23-21-24(16-17-33(23,29)3)40-32(39)37-20-19-36-31(38)30(35)9-7-18-34/h10,22,24-30H,4-9,11-21,34-35H2,1-3H3,(H,36,38)(H,37,39). The Hall–Kier alpha value is -1.60. The predicted molar refractivity (Wildman–Crippen MR) is 161 cm³/mol. The summed E-state index contributed by atoms with van der Waals surface area (Å²) in [7, 11) is 0. The van der Waals surface area contributed by atoms with Crippen LogP contribution in [-0.2, 0) is 9.53 Å². The van der Waals surface area contributed by atoms with E-state index in [-0.39, 0.29) is 17.4 Å². The van der Waals surface area contributed by atoms with Crippen molar-refractivity contribution >= 4 is 12.0 Å². The number of fused-ring (bicyclic) bond motifs is 5. The molecule has 4 aliphatic rings. The van der Waals surface area contributed by atoms with Crippen molar-refractivity contribution in [2.45, 2.75) is 123 Å². The largest absolute Gasteiger partial charge is 0.446 e. The van der Waals surface area contributed by atoms with E-state index in [2.05, 4.69) is 37.5 Å². The van der Waals surface area contributed by atoms with E-state index in [0.29, 0.717) is 26.1 Å². The number of amides is 2. The van der Waals surface area contributed by atoms with E-state index in [1.54, 1.807) is 0 Å². The molecule has 2 amide bonds. The quantitative estimate of drug-likeness (QED) is 0.172. The molecule has 0 bridgehead atoms. The van der Waals surface area contributed by atoms with E-state index in [4.69, 9.17) is 16.2 Å². The molecule has 0 radical (unpaired) electrons. The van der Waals surface area contributed by atoms with Gasteiger partial charge in [-0.1, -0.05) is 58.1 Å². The van der Waals surface area contributed by atoms with Crippen LogP contribution in [0.2, 0.25) is 0 Å². The van der Waals surface area contributed by atoms with Crippen LogP contribution in [0.4, 0.5) is 4.79 Å². The summed E-state index contributed by atoms with van der Waals surface area (Å²) in [5.74, 6) is 5.13. The monoisotopic (exact) mass is 558 g/mol. The summed E-state index contributed by atoms with van der Waals surface area (Å²) in [6, 6.07) is -0.556. The lowest BCUT2D eigenvalue weighted by atomic mass is 9.50. The van der Waals surface area contributed by atoms with Gasteiger partial charge in [0, 0.05) is 19.5 Å². The number of carbonyl (C=O) groups excluding carboxylic acids is 2. The third-order valence-corrected chi connectivity index (χ3v) is 11.4. The molecule has 7 nitrogen and oxygen atoms in total. The molecule has 0 aromatic heterocycles. The summed E-state index contributed by atoms with van der Waals surface area (Å²) in [6.07, 6.45) is 18.8. The van der Waals surface area contributed by atoms with E-state index in [1.807, 2.05) is 0 Å². The lowest BCUT2D eigenvalue weighted by Crippen LogP contribution is -2.48. The first-order valence-corrected chi connectivity index (χ1v) is 16.7. The lowest BCUT2D eigenvalue weighted by Gasteiger charge is -2.55. The summed E-state index contributed by atoms with van der Waals surface area (Å²) in [5, 5.41) is 5.56. The molecule has 0 heterocycles. The Bertz CT molecular complexity index is 878. The highest BCUT2D eigenvalue weighted by molar-refractivity contribution is 5.81. The van der Waals surface area contributed by atoms with E-state index in [0.717, 1.165) is 61.2 Å². The maximum absolute atomic E-state index is 12.5. The summed E-state index contributed by atoms with van der Waals surface area (Å²) >= 11 is 0. The van der Waals surface area contributed by atoms with Crippen molar-refractivity contribution in [3.05, 3.63) is 11.6 Å². The van der Waals surface area contributed by atoms with Crippen LogP contribution in [0.1, 0.15) is 111 Å². The highest BCUT2D eigenvalue weighted by atomic mass is 16.6. The molecule has 7 heteroatoms. The summed E-state index contributed by atoms with van der Waals surface area (Å²) in [4.78, 5) is 24.5. The Morgan fingerprint density at radius 3 is 2.58 bits per heavy atom. The maximum atomic E-state index is 12.5.